The van der Waals surface area contributed by atoms with Crippen molar-refractivity contribution < 1.29 is 24.2 Å². The van der Waals surface area contributed by atoms with Crippen LogP contribution in [-0.2, 0) is 9.53 Å². The molecule has 0 atom stereocenters. The molecule has 2 aromatic rings. The van der Waals surface area contributed by atoms with E-state index in [0.29, 0.717) is 41.4 Å². The molecule has 0 aromatic carbocycles. The van der Waals surface area contributed by atoms with E-state index in [1.54, 1.807) is 11.8 Å². The number of rotatable bonds is 6. The zero-order valence-electron chi connectivity index (χ0n) is 16.2. The summed E-state index contributed by atoms with van der Waals surface area (Å²) in [5, 5.41) is 12.9. The molecule has 0 unspecified atom stereocenters. The average Bonchev–Trinajstić information content (AvgIpc) is 3.06. The second-order valence-electron chi connectivity index (χ2n) is 6.67. The molecule has 10 nitrogen and oxygen atoms in total. The quantitative estimate of drug-likeness (QED) is 0.478. The van der Waals surface area contributed by atoms with E-state index < -0.39 is 11.5 Å². The molecule has 0 spiro atoms. The molecule has 3 heterocycles. The summed E-state index contributed by atoms with van der Waals surface area (Å²) in [6.07, 6.45) is 0.905. The fourth-order valence-electron chi connectivity index (χ4n) is 3.21. The molecule has 12 heteroatoms. The Hall–Kier alpha value is -2.73. The van der Waals surface area contributed by atoms with Crippen LogP contribution in [0.1, 0.15) is 30.1 Å². The number of H-pyrrole nitrogens is 1. The minimum Gasteiger partial charge on any atom is -0.506 e. The van der Waals surface area contributed by atoms with Gasteiger partial charge in [-0.3, -0.25) is 14.4 Å². The second kappa shape index (κ2) is 9.39. The van der Waals surface area contributed by atoms with Crippen molar-refractivity contribution in [2.75, 3.05) is 25.4 Å². The minimum absolute atomic E-state index is 0.0379. The number of amides is 3. The predicted molar refractivity (Wildman–Crippen MR) is 113 cm³/mol. The number of aromatic nitrogens is 1. The highest BCUT2D eigenvalue weighted by atomic mass is 32.2. The van der Waals surface area contributed by atoms with Gasteiger partial charge in [0.15, 0.2) is 0 Å². The van der Waals surface area contributed by atoms with Crippen molar-refractivity contribution in [3.05, 3.63) is 22.0 Å². The molecule has 3 rings (SSSR count). The summed E-state index contributed by atoms with van der Waals surface area (Å²) >= 11 is 2.20. The third kappa shape index (κ3) is 4.87. The smallest absolute Gasteiger partial charge is 0.409 e. The Labute approximate surface area is 179 Å². The molecule has 0 saturated carbocycles. The van der Waals surface area contributed by atoms with E-state index in [4.69, 9.17) is 10.5 Å². The lowest BCUT2D eigenvalue weighted by Gasteiger charge is -2.31. The lowest BCUT2D eigenvalue weighted by atomic mass is 10.1. The summed E-state index contributed by atoms with van der Waals surface area (Å²) in [6, 6.07) is 0.968. The normalized spacial score (nSPS) is 14.6. The molecular formula is C18H22N4O6S2. The van der Waals surface area contributed by atoms with Gasteiger partial charge in [-0.05, 0) is 19.8 Å². The van der Waals surface area contributed by atoms with Crippen LogP contribution in [0.3, 0.4) is 0 Å². The Bertz CT molecular complexity index is 1030. The highest BCUT2D eigenvalue weighted by Gasteiger charge is 2.25. The van der Waals surface area contributed by atoms with Gasteiger partial charge in [0.2, 0.25) is 5.91 Å². The fraction of sp³-hybridized carbons (Fsp3) is 0.444. The van der Waals surface area contributed by atoms with E-state index in [1.165, 1.54) is 0 Å². The van der Waals surface area contributed by atoms with Gasteiger partial charge in [0.1, 0.15) is 5.75 Å². The number of nitrogens with one attached hydrogen (secondary N) is 2. The number of carbonyl (C=O) groups excluding carboxylic acids is 3. The Morgan fingerprint density at radius 3 is 2.73 bits per heavy atom. The number of fused-ring (bicyclic) bond motifs is 1. The third-order valence-corrected chi connectivity index (χ3v) is 7.07. The number of carbonyl (C=O) groups is 3. The monoisotopic (exact) mass is 454 g/mol. The van der Waals surface area contributed by atoms with Gasteiger partial charge < -0.3 is 30.8 Å². The van der Waals surface area contributed by atoms with E-state index in [0.717, 1.165) is 29.2 Å². The number of thioether (sulfide) groups is 1. The van der Waals surface area contributed by atoms with Crippen LogP contribution < -0.4 is 16.6 Å². The summed E-state index contributed by atoms with van der Waals surface area (Å²) in [5.41, 5.74) is 5.16. The van der Waals surface area contributed by atoms with Gasteiger partial charge in [-0.25, -0.2) is 4.79 Å². The van der Waals surface area contributed by atoms with Gasteiger partial charge in [0, 0.05) is 25.2 Å². The maximum Gasteiger partial charge on any atom is 0.409 e. The number of nitrogens with zero attached hydrogens (tertiary/aromatic N) is 1. The number of aromatic amines is 1. The minimum atomic E-state index is -0.753. The second-order valence-corrected chi connectivity index (χ2v) is 8.93. The molecule has 1 aliphatic heterocycles. The largest absolute Gasteiger partial charge is 0.506 e. The average molecular weight is 455 g/mol. The highest BCUT2D eigenvalue weighted by molar-refractivity contribution is 8.02. The van der Waals surface area contributed by atoms with E-state index in [2.05, 4.69) is 10.3 Å². The summed E-state index contributed by atoms with van der Waals surface area (Å²) in [4.78, 5) is 51.7. The van der Waals surface area contributed by atoms with Crippen molar-refractivity contribution in [2.45, 2.75) is 30.0 Å². The number of nitrogens with two attached hydrogens (primary N) is 1. The van der Waals surface area contributed by atoms with Crippen LogP contribution in [0.5, 0.6) is 5.75 Å². The number of hydrogen-bond acceptors (Lipinski definition) is 8. The Morgan fingerprint density at radius 1 is 1.40 bits per heavy atom. The molecule has 1 fully saturated rings. The molecule has 3 amide bonds. The van der Waals surface area contributed by atoms with E-state index in [-0.39, 0.29) is 40.6 Å². The van der Waals surface area contributed by atoms with Gasteiger partial charge in [0.05, 0.1) is 32.3 Å². The number of aromatic hydroxyl groups is 1. The Kier molecular flexibility index (Phi) is 6.87. The standard InChI is InChI=1S/C18H22N4O6S2/c1-2-28-18(27)22-5-3-9(4-6-22)20-12(25)8-29-17-13(16(19)26)14-15(30-17)10(23)7-11(24)21-14/h7,9H,2-6,8H2,1H3,(H2,19,26)(H,20,25)(H2,21,23,24). The molecule has 162 valence electrons. The number of hydrogen-bond donors (Lipinski definition) is 4. The Morgan fingerprint density at radius 2 is 2.10 bits per heavy atom. The molecule has 0 radical (unpaired) electrons. The molecular weight excluding hydrogens is 432 g/mol. The van der Waals surface area contributed by atoms with Crippen LogP contribution in [0.2, 0.25) is 0 Å². The number of primary amides is 1. The topological polar surface area (TPSA) is 155 Å². The number of thiophene rings is 1. The van der Waals surface area contributed by atoms with Crippen molar-refractivity contribution in [3.63, 3.8) is 0 Å². The van der Waals surface area contributed by atoms with E-state index >= 15 is 0 Å². The fourth-order valence-corrected chi connectivity index (χ4v) is 5.47. The molecule has 5 N–H and O–H groups in total. The lowest BCUT2D eigenvalue weighted by molar-refractivity contribution is -0.119. The number of ether oxygens (including phenoxy) is 1. The molecule has 1 saturated heterocycles. The van der Waals surface area contributed by atoms with Crippen molar-refractivity contribution in [1.29, 1.82) is 0 Å². The lowest BCUT2D eigenvalue weighted by Crippen LogP contribution is -2.47. The van der Waals surface area contributed by atoms with Gasteiger partial charge >= 0.3 is 6.09 Å². The molecule has 30 heavy (non-hydrogen) atoms. The highest BCUT2D eigenvalue weighted by Crippen LogP contribution is 2.40. The van der Waals surface area contributed by atoms with Crippen molar-refractivity contribution in [2.24, 2.45) is 5.73 Å². The van der Waals surface area contributed by atoms with Crippen LogP contribution in [0, 0.1) is 0 Å². The zero-order chi connectivity index (χ0) is 21.8. The van der Waals surface area contributed by atoms with Crippen molar-refractivity contribution in [1.82, 2.24) is 15.2 Å². The zero-order valence-corrected chi connectivity index (χ0v) is 17.9. The molecule has 2 aromatic heterocycles. The van der Waals surface area contributed by atoms with E-state index in [9.17, 15) is 24.3 Å². The van der Waals surface area contributed by atoms with Gasteiger partial charge in [-0.2, -0.15) is 0 Å². The van der Waals surface area contributed by atoms with Gasteiger partial charge in [0.25, 0.3) is 11.5 Å². The molecule has 0 bridgehead atoms. The molecule has 1 aliphatic rings. The van der Waals surface area contributed by atoms with Crippen molar-refractivity contribution in [3.8, 4) is 5.75 Å². The number of piperidine rings is 1. The van der Waals surface area contributed by atoms with Crippen LogP contribution >= 0.6 is 23.1 Å². The van der Waals surface area contributed by atoms with Crippen LogP contribution in [0.15, 0.2) is 15.1 Å². The first-order chi connectivity index (χ1) is 14.3. The summed E-state index contributed by atoms with van der Waals surface area (Å²) < 4.78 is 5.75. The van der Waals surface area contributed by atoms with E-state index in [1.807, 2.05) is 0 Å². The Balaban J connectivity index is 1.60. The maximum absolute atomic E-state index is 12.4. The van der Waals surface area contributed by atoms with Gasteiger partial charge in [-0.15, -0.1) is 23.1 Å². The van der Waals surface area contributed by atoms with Crippen LogP contribution in [-0.4, -0.2) is 64.4 Å². The van der Waals surface area contributed by atoms with Crippen LogP contribution in [0.25, 0.3) is 10.2 Å². The molecule has 0 aliphatic carbocycles. The SMILES string of the molecule is CCOC(=O)N1CCC(NC(=O)CSc2sc3c(O)cc(=O)[nH]c3c2C(N)=O)CC1. The summed E-state index contributed by atoms with van der Waals surface area (Å²) in [5.74, 6) is -1.18. The first-order valence-electron chi connectivity index (χ1n) is 9.32. The first kappa shape index (κ1) is 22.0. The third-order valence-electron chi connectivity index (χ3n) is 4.59. The van der Waals surface area contributed by atoms with Crippen LogP contribution in [0.4, 0.5) is 4.79 Å². The van der Waals surface area contributed by atoms with Gasteiger partial charge in [-0.1, -0.05) is 0 Å². The first-order valence-corrected chi connectivity index (χ1v) is 11.1. The van der Waals surface area contributed by atoms with Crippen molar-refractivity contribution >= 4 is 51.2 Å². The number of pyridine rings is 1. The summed E-state index contributed by atoms with van der Waals surface area (Å²) in [7, 11) is 0. The number of likely N-dealkylation sites (tertiary alicyclic amines) is 1. The predicted octanol–water partition coefficient (Wildman–Crippen LogP) is 1.22. The summed E-state index contributed by atoms with van der Waals surface area (Å²) in [6.45, 7) is 3.09. The maximum atomic E-state index is 12.4.